The highest BCUT2D eigenvalue weighted by atomic mass is 16.2. The molecule has 1 aliphatic rings. The van der Waals surface area contributed by atoms with Gasteiger partial charge in [0.1, 0.15) is 0 Å². The van der Waals surface area contributed by atoms with E-state index in [2.05, 4.69) is 25.4 Å². The summed E-state index contributed by atoms with van der Waals surface area (Å²) in [4.78, 5) is 23.1. The first kappa shape index (κ1) is 16.4. The van der Waals surface area contributed by atoms with Crippen LogP contribution in [0.4, 0.5) is 0 Å². The summed E-state index contributed by atoms with van der Waals surface area (Å²) in [6.07, 6.45) is 7.12. The van der Waals surface area contributed by atoms with Crippen LogP contribution in [0.1, 0.15) is 32.6 Å². The molecule has 0 aliphatic carbocycles. The van der Waals surface area contributed by atoms with Crippen LogP contribution in [0.3, 0.4) is 0 Å². The molecule has 0 unspecified atom stereocenters. The van der Waals surface area contributed by atoms with Gasteiger partial charge in [0, 0.05) is 19.6 Å². The fraction of sp³-hybridized carbons (Fsp3) is 0.571. The number of carbonyl (C=O) groups excluding carboxylic acids is 2. The minimum absolute atomic E-state index is 0.0764. The molecule has 18 heavy (non-hydrogen) atoms. The third-order valence-electron chi connectivity index (χ3n) is 2.61. The van der Waals surface area contributed by atoms with Crippen LogP contribution in [-0.2, 0) is 9.59 Å². The van der Waals surface area contributed by atoms with Crippen molar-refractivity contribution < 1.29 is 9.59 Å². The molecule has 1 heterocycles. The molecule has 0 saturated carbocycles. The average molecular weight is 252 g/mol. The lowest BCUT2D eigenvalue weighted by Gasteiger charge is -2.10. The Hall–Kier alpha value is -1.58. The smallest absolute Gasteiger partial charge is 0.245 e. The fourth-order valence-corrected chi connectivity index (χ4v) is 1.53. The molecule has 1 aliphatic heterocycles. The van der Waals surface area contributed by atoms with Gasteiger partial charge in [0.25, 0.3) is 0 Å². The second-order valence-corrected chi connectivity index (χ2v) is 4.09. The number of likely N-dealkylation sites (tertiary alicyclic amines) is 1. The first-order valence-corrected chi connectivity index (χ1v) is 6.47. The van der Waals surface area contributed by atoms with E-state index >= 15 is 0 Å². The highest BCUT2D eigenvalue weighted by Crippen LogP contribution is 2.06. The van der Waals surface area contributed by atoms with E-state index in [1.54, 1.807) is 0 Å². The van der Waals surface area contributed by atoms with Crippen LogP contribution in [0.15, 0.2) is 25.3 Å². The maximum Gasteiger partial charge on any atom is 0.245 e. The quantitative estimate of drug-likeness (QED) is 0.600. The van der Waals surface area contributed by atoms with E-state index in [-0.39, 0.29) is 11.8 Å². The van der Waals surface area contributed by atoms with Crippen molar-refractivity contribution in [2.75, 3.05) is 19.6 Å². The SMILES string of the molecule is C=CC(=O)N1CCCC1.C=CC(=O)NCCCC. The molecule has 0 aromatic rings. The second kappa shape index (κ2) is 10.6. The van der Waals surface area contributed by atoms with E-state index in [4.69, 9.17) is 0 Å². The van der Waals surface area contributed by atoms with E-state index in [1.807, 2.05) is 4.90 Å². The predicted octanol–water partition coefficient (Wildman–Crippen LogP) is 1.88. The number of carbonyl (C=O) groups is 2. The third kappa shape index (κ3) is 7.65. The molecule has 0 aromatic carbocycles. The fourth-order valence-electron chi connectivity index (χ4n) is 1.53. The third-order valence-corrected chi connectivity index (χ3v) is 2.61. The summed E-state index contributed by atoms with van der Waals surface area (Å²) in [6.45, 7) is 11.4. The molecule has 0 atom stereocenters. The van der Waals surface area contributed by atoms with Crippen molar-refractivity contribution in [2.45, 2.75) is 32.6 Å². The van der Waals surface area contributed by atoms with Crippen molar-refractivity contribution in [3.05, 3.63) is 25.3 Å². The average Bonchev–Trinajstić information content (AvgIpc) is 2.92. The number of nitrogens with one attached hydrogen (secondary N) is 1. The summed E-state index contributed by atoms with van der Waals surface area (Å²) in [5.41, 5.74) is 0. The van der Waals surface area contributed by atoms with E-state index in [1.165, 1.54) is 12.2 Å². The molecule has 4 heteroatoms. The van der Waals surface area contributed by atoms with Crippen LogP contribution in [0.2, 0.25) is 0 Å². The van der Waals surface area contributed by atoms with Crippen molar-refractivity contribution in [3.63, 3.8) is 0 Å². The second-order valence-electron chi connectivity index (χ2n) is 4.09. The Morgan fingerprint density at radius 3 is 2.28 bits per heavy atom. The molecule has 1 fully saturated rings. The van der Waals surface area contributed by atoms with Crippen LogP contribution in [0, 0.1) is 0 Å². The van der Waals surface area contributed by atoms with Gasteiger partial charge in [0.05, 0.1) is 0 Å². The Balaban J connectivity index is 0.000000321. The summed E-state index contributed by atoms with van der Waals surface area (Å²) in [5, 5.41) is 2.68. The van der Waals surface area contributed by atoms with Gasteiger partial charge in [0.2, 0.25) is 11.8 Å². The van der Waals surface area contributed by atoms with Crippen molar-refractivity contribution in [1.29, 1.82) is 0 Å². The van der Waals surface area contributed by atoms with Crippen LogP contribution in [0.5, 0.6) is 0 Å². The number of nitrogens with zero attached hydrogens (tertiary/aromatic N) is 1. The van der Waals surface area contributed by atoms with Gasteiger partial charge < -0.3 is 10.2 Å². The summed E-state index contributed by atoms with van der Waals surface area (Å²) in [6, 6.07) is 0. The van der Waals surface area contributed by atoms with Gasteiger partial charge in [-0.3, -0.25) is 9.59 Å². The lowest BCUT2D eigenvalue weighted by Crippen LogP contribution is -2.25. The topological polar surface area (TPSA) is 49.4 Å². The van der Waals surface area contributed by atoms with E-state index in [0.717, 1.165) is 45.3 Å². The van der Waals surface area contributed by atoms with Crippen molar-refractivity contribution in [2.24, 2.45) is 0 Å². The van der Waals surface area contributed by atoms with E-state index in [0.29, 0.717) is 0 Å². The van der Waals surface area contributed by atoms with Gasteiger partial charge in [0.15, 0.2) is 0 Å². The molecule has 1 saturated heterocycles. The first-order valence-electron chi connectivity index (χ1n) is 6.47. The van der Waals surface area contributed by atoms with Crippen LogP contribution >= 0.6 is 0 Å². The molecular formula is C14H24N2O2. The first-order chi connectivity index (χ1) is 8.65. The highest BCUT2D eigenvalue weighted by molar-refractivity contribution is 5.87. The van der Waals surface area contributed by atoms with Gasteiger partial charge >= 0.3 is 0 Å². The monoisotopic (exact) mass is 252 g/mol. The van der Waals surface area contributed by atoms with Crippen molar-refractivity contribution >= 4 is 11.8 Å². The Bertz CT molecular complexity index is 282. The number of rotatable bonds is 5. The Morgan fingerprint density at radius 2 is 1.83 bits per heavy atom. The lowest BCUT2D eigenvalue weighted by molar-refractivity contribution is -0.125. The van der Waals surface area contributed by atoms with Crippen LogP contribution in [0.25, 0.3) is 0 Å². The van der Waals surface area contributed by atoms with Crippen molar-refractivity contribution in [1.82, 2.24) is 10.2 Å². The lowest BCUT2D eigenvalue weighted by atomic mass is 10.3. The number of hydrogen-bond donors (Lipinski definition) is 1. The minimum Gasteiger partial charge on any atom is -0.353 e. The predicted molar refractivity (Wildman–Crippen MR) is 74.1 cm³/mol. The molecule has 0 radical (unpaired) electrons. The molecular weight excluding hydrogens is 228 g/mol. The molecule has 1 N–H and O–H groups in total. The molecule has 0 spiro atoms. The van der Waals surface area contributed by atoms with Crippen LogP contribution in [-0.4, -0.2) is 36.3 Å². The molecule has 4 nitrogen and oxygen atoms in total. The zero-order valence-corrected chi connectivity index (χ0v) is 11.3. The molecule has 102 valence electrons. The van der Waals surface area contributed by atoms with Crippen LogP contribution < -0.4 is 5.32 Å². The largest absolute Gasteiger partial charge is 0.353 e. The van der Waals surface area contributed by atoms with Gasteiger partial charge in [-0.05, 0) is 31.4 Å². The van der Waals surface area contributed by atoms with E-state index in [9.17, 15) is 9.59 Å². The van der Waals surface area contributed by atoms with Gasteiger partial charge in [-0.2, -0.15) is 0 Å². The molecule has 1 rings (SSSR count). The van der Waals surface area contributed by atoms with Crippen molar-refractivity contribution in [3.8, 4) is 0 Å². The zero-order valence-electron chi connectivity index (χ0n) is 11.3. The molecule has 0 aromatic heterocycles. The Morgan fingerprint density at radius 1 is 1.22 bits per heavy atom. The van der Waals surface area contributed by atoms with E-state index < -0.39 is 0 Å². The normalized spacial score (nSPS) is 13.3. The maximum absolute atomic E-state index is 10.8. The number of amides is 2. The summed E-state index contributed by atoms with van der Waals surface area (Å²) in [7, 11) is 0. The summed E-state index contributed by atoms with van der Waals surface area (Å²) < 4.78 is 0. The Kier molecular flexibility index (Phi) is 9.64. The molecule has 0 bridgehead atoms. The minimum atomic E-state index is -0.0801. The summed E-state index contributed by atoms with van der Waals surface area (Å²) >= 11 is 0. The maximum atomic E-state index is 10.8. The number of hydrogen-bond acceptors (Lipinski definition) is 2. The van der Waals surface area contributed by atoms with Gasteiger partial charge in [-0.15, -0.1) is 0 Å². The van der Waals surface area contributed by atoms with Gasteiger partial charge in [-0.1, -0.05) is 26.5 Å². The Labute approximate surface area is 110 Å². The standard InChI is InChI=1S/C7H11NO.C7H13NO/c1-2-7(9)8-5-3-4-6-8;1-3-5-6-8-7(9)4-2/h2H,1,3-6H2;4H,2-3,5-6H2,1H3,(H,8,9). The summed E-state index contributed by atoms with van der Waals surface area (Å²) in [5.74, 6) is -0.00375. The number of unbranched alkanes of at least 4 members (excludes halogenated alkanes) is 1. The highest BCUT2D eigenvalue weighted by Gasteiger charge is 2.13. The van der Waals surface area contributed by atoms with Gasteiger partial charge in [-0.25, -0.2) is 0 Å². The zero-order chi connectivity index (χ0) is 13.8. The molecule has 2 amide bonds.